The summed E-state index contributed by atoms with van der Waals surface area (Å²) in [6, 6.07) is 13.9. The van der Waals surface area contributed by atoms with E-state index in [2.05, 4.69) is 0 Å². The van der Waals surface area contributed by atoms with Crippen molar-refractivity contribution in [2.24, 2.45) is 0 Å². The Kier molecular flexibility index (Phi) is 4.39. The van der Waals surface area contributed by atoms with Crippen LogP contribution in [0.25, 0.3) is 0 Å². The number of amides is 1. The number of benzene rings is 2. The Bertz CT molecular complexity index is 687. The number of aliphatic hydroxyl groups excluding tert-OH is 1. The molecule has 0 radical (unpaired) electrons. The number of aliphatic hydroxyl groups is 1. The number of piperidine rings is 1. The van der Waals surface area contributed by atoms with Gasteiger partial charge in [-0.25, -0.2) is 0 Å². The molecule has 2 aromatic rings. The van der Waals surface area contributed by atoms with Gasteiger partial charge in [-0.2, -0.15) is 0 Å². The fourth-order valence-corrected chi connectivity index (χ4v) is 3.15. The molecule has 1 aliphatic heterocycles. The standard InChI is InChI=1S/C17H15Cl2NO2/c18-12-6-4-11(5-7-12)17-15(21)8-9-16(22)20(17)14-3-1-2-13(19)10-14/h1-7,10,15,17,21H,8-9H2/t15-,17+/m0/s1. The molecule has 2 aromatic carbocycles. The summed E-state index contributed by atoms with van der Waals surface area (Å²) in [5.74, 6) is -0.0208. The third-order valence-corrected chi connectivity index (χ3v) is 4.35. The predicted molar refractivity (Wildman–Crippen MR) is 88.4 cm³/mol. The van der Waals surface area contributed by atoms with Crippen molar-refractivity contribution in [3.8, 4) is 0 Å². The van der Waals surface area contributed by atoms with Crippen LogP contribution in [0.4, 0.5) is 5.69 Å². The molecular formula is C17H15Cl2NO2. The average molecular weight is 336 g/mol. The van der Waals surface area contributed by atoms with Gasteiger partial charge in [-0.15, -0.1) is 0 Å². The van der Waals surface area contributed by atoms with Crippen molar-refractivity contribution in [1.29, 1.82) is 0 Å². The van der Waals surface area contributed by atoms with Crippen LogP contribution in [0.3, 0.4) is 0 Å². The topological polar surface area (TPSA) is 40.5 Å². The van der Waals surface area contributed by atoms with E-state index >= 15 is 0 Å². The SMILES string of the molecule is O=C1CC[C@H](O)[C@@H](c2ccc(Cl)cc2)N1c1cccc(Cl)c1. The second kappa shape index (κ2) is 6.29. The summed E-state index contributed by atoms with van der Waals surface area (Å²) in [4.78, 5) is 14.1. The molecule has 0 saturated carbocycles. The van der Waals surface area contributed by atoms with Gasteiger partial charge in [0.25, 0.3) is 0 Å². The van der Waals surface area contributed by atoms with E-state index in [4.69, 9.17) is 23.2 Å². The van der Waals surface area contributed by atoms with Gasteiger partial charge in [0.2, 0.25) is 5.91 Å². The summed E-state index contributed by atoms with van der Waals surface area (Å²) in [7, 11) is 0. The van der Waals surface area contributed by atoms with Crippen molar-refractivity contribution >= 4 is 34.8 Å². The molecule has 1 fully saturated rings. The van der Waals surface area contributed by atoms with Crippen molar-refractivity contribution in [2.45, 2.75) is 25.0 Å². The summed E-state index contributed by atoms with van der Waals surface area (Å²) in [6.45, 7) is 0. The fraction of sp³-hybridized carbons (Fsp3) is 0.235. The first-order valence-corrected chi connectivity index (χ1v) is 7.83. The second-order valence-electron chi connectivity index (χ2n) is 5.35. The van der Waals surface area contributed by atoms with E-state index in [1.165, 1.54) is 0 Å². The Morgan fingerprint density at radius 3 is 2.45 bits per heavy atom. The number of carbonyl (C=O) groups is 1. The van der Waals surface area contributed by atoms with Gasteiger partial charge in [0.1, 0.15) is 0 Å². The highest BCUT2D eigenvalue weighted by molar-refractivity contribution is 6.31. The molecule has 114 valence electrons. The van der Waals surface area contributed by atoms with Crippen LogP contribution in [0.5, 0.6) is 0 Å². The van der Waals surface area contributed by atoms with E-state index in [9.17, 15) is 9.90 Å². The average Bonchev–Trinajstić information content (AvgIpc) is 2.50. The smallest absolute Gasteiger partial charge is 0.227 e. The predicted octanol–water partition coefficient (Wildman–Crippen LogP) is 4.22. The summed E-state index contributed by atoms with van der Waals surface area (Å²) < 4.78 is 0. The lowest BCUT2D eigenvalue weighted by Crippen LogP contribution is -2.45. The van der Waals surface area contributed by atoms with Gasteiger partial charge >= 0.3 is 0 Å². The Morgan fingerprint density at radius 2 is 1.77 bits per heavy atom. The second-order valence-corrected chi connectivity index (χ2v) is 6.22. The van der Waals surface area contributed by atoms with E-state index in [1.54, 1.807) is 35.2 Å². The Hall–Kier alpha value is -1.55. The molecule has 3 rings (SSSR count). The van der Waals surface area contributed by atoms with Gasteiger partial charge in [-0.05, 0) is 42.3 Å². The van der Waals surface area contributed by atoms with Gasteiger partial charge in [0.05, 0.1) is 12.1 Å². The molecule has 0 unspecified atom stereocenters. The van der Waals surface area contributed by atoms with Crippen LogP contribution in [0.15, 0.2) is 48.5 Å². The van der Waals surface area contributed by atoms with Gasteiger partial charge in [0, 0.05) is 22.2 Å². The zero-order chi connectivity index (χ0) is 15.7. The monoisotopic (exact) mass is 335 g/mol. The minimum absolute atomic E-state index is 0.0208. The molecular weight excluding hydrogens is 321 g/mol. The number of anilines is 1. The van der Waals surface area contributed by atoms with Crippen molar-refractivity contribution in [2.75, 3.05) is 4.90 Å². The van der Waals surface area contributed by atoms with E-state index < -0.39 is 12.1 Å². The first kappa shape index (κ1) is 15.3. The van der Waals surface area contributed by atoms with Crippen molar-refractivity contribution < 1.29 is 9.90 Å². The summed E-state index contributed by atoms with van der Waals surface area (Å²) in [5, 5.41) is 11.6. The summed E-state index contributed by atoms with van der Waals surface area (Å²) in [6.07, 6.45) is 0.138. The third-order valence-electron chi connectivity index (χ3n) is 3.86. The zero-order valence-electron chi connectivity index (χ0n) is 11.7. The molecule has 2 atom stereocenters. The maximum Gasteiger partial charge on any atom is 0.227 e. The van der Waals surface area contributed by atoms with E-state index in [0.717, 1.165) is 5.56 Å². The highest BCUT2D eigenvalue weighted by Gasteiger charge is 2.36. The highest BCUT2D eigenvalue weighted by Crippen LogP contribution is 2.37. The van der Waals surface area contributed by atoms with E-state index in [1.807, 2.05) is 18.2 Å². The normalized spacial score (nSPS) is 22.0. The van der Waals surface area contributed by atoms with Crippen LogP contribution in [-0.4, -0.2) is 17.1 Å². The van der Waals surface area contributed by atoms with Crippen LogP contribution < -0.4 is 4.90 Å². The molecule has 5 heteroatoms. The number of hydrogen-bond acceptors (Lipinski definition) is 2. The lowest BCUT2D eigenvalue weighted by Gasteiger charge is -2.39. The first-order valence-electron chi connectivity index (χ1n) is 7.07. The Balaban J connectivity index is 2.06. The molecule has 0 spiro atoms. The van der Waals surface area contributed by atoms with Crippen LogP contribution in [-0.2, 0) is 4.79 Å². The minimum atomic E-state index is -0.627. The lowest BCUT2D eigenvalue weighted by molar-refractivity contribution is -0.122. The summed E-state index contributed by atoms with van der Waals surface area (Å²) in [5.41, 5.74) is 1.54. The Labute approximate surface area is 139 Å². The molecule has 1 amide bonds. The van der Waals surface area contributed by atoms with Gasteiger partial charge in [-0.3, -0.25) is 4.79 Å². The molecule has 1 saturated heterocycles. The van der Waals surface area contributed by atoms with Crippen LogP contribution >= 0.6 is 23.2 Å². The number of rotatable bonds is 2. The number of nitrogens with zero attached hydrogens (tertiary/aromatic N) is 1. The number of carbonyl (C=O) groups excluding carboxylic acids is 1. The fourth-order valence-electron chi connectivity index (χ4n) is 2.84. The molecule has 1 N–H and O–H groups in total. The van der Waals surface area contributed by atoms with E-state index in [-0.39, 0.29) is 5.91 Å². The van der Waals surface area contributed by atoms with Crippen LogP contribution in [0, 0.1) is 0 Å². The zero-order valence-corrected chi connectivity index (χ0v) is 13.3. The maximum atomic E-state index is 12.4. The number of halogens is 2. The molecule has 1 heterocycles. The summed E-state index contributed by atoms with van der Waals surface area (Å²) >= 11 is 12.0. The highest BCUT2D eigenvalue weighted by atomic mass is 35.5. The minimum Gasteiger partial charge on any atom is -0.391 e. The van der Waals surface area contributed by atoms with Gasteiger partial charge in [-0.1, -0.05) is 41.4 Å². The van der Waals surface area contributed by atoms with Crippen LogP contribution in [0.1, 0.15) is 24.4 Å². The molecule has 0 aliphatic carbocycles. The molecule has 3 nitrogen and oxygen atoms in total. The number of hydrogen-bond donors (Lipinski definition) is 1. The van der Waals surface area contributed by atoms with Crippen molar-refractivity contribution in [3.05, 3.63) is 64.1 Å². The lowest BCUT2D eigenvalue weighted by atomic mass is 9.91. The van der Waals surface area contributed by atoms with Gasteiger partial charge in [0.15, 0.2) is 0 Å². The van der Waals surface area contributed by atoms with Crippen molar-refractivity contribution in [3.63, 3.8) is 0 Å². The maximum absolute atomic E-state index is 12.4. The molecule has 0 bridgehead atoms. The van der Waals surface area contributed by atoms with Crippen molar-refractivity contribution in [1.82, 2.24) is 0 Å². The van der Waals surface area contributed by atoms with Crippen LogP contribution in [0.2, 0.25) is 10.0 Å². The molecule has 0 aromatic heterocycles. The first-order chi connectivity index (χ1) is 10.6. The largest absolute Gasteiger partial charge is 0.391 e. The molecule has 1 aliphatic rings. The quantitative estimate of drug-likeness (QED) is 0.892. The Morgan fingerprint density at radius 1 is 1.05 bits per heavy atom. The van der Waals surface area contributed by atoms with E-state index in [0.29, 0.717) is 28.6 Å². The molecule has 22 heavy (non-hydrogen) atoms. The van der Waals surface area contributed by atoms with Gasteiger partial charge < -0.3 is 10.0 Å². The third kappa shape index (κ3) is 2.98.